The second kappa shape index (κ2) is 13.5. The molecule has 36 heavy (non-hydrogen) atoms. The Morgan fingerprint density at radius 1 is 1.00 bits per heavy atom. The topological polar surface area (TPSA) is 137 Å². The number of carbonyl (C=O) groups excluding carboxylic acids is 4. The summed E-state index contributed by atoms with van der Waals surface area (Å²) in [5.41, 5.74) is 3.30. The van der Waals surface area contributed by atoms with Crippen LogP contribution in [0.15, 0.2) is 60.7 Å². The molecule has 0 radical (unpaired) electrons. The summed E-state index contributed by atoms with van der Waals surface area (Å²) in [6, 6.07) is 15.9. The number of amides is 4. The normalized spacial score (nSPS) is 16.5. The molecule has 4 N–H and O–H groups in total. The van der Waals surface area contributed by atoms with Gasteiger partial charge in [0.15, 0.2) is 0 Å². The van der Waals surface area contributed by atoms with E-state index in [0.29, 0.717) is 18.1 Å². The lowest BCUT2D eigenvalue weighted by molar-refractivity contribution is -0.135. The predicted molar refractivity (Wildman–Crippen MR) is 134 cm³/mol. The van der Waals surface area contributed by atoms with Crippen molar-refractivity contribution in [1.82, 2.24) is 21.0 Å². The third kappa shape index (κ3) is 7.72. The van der Waals surface area contributed by atoms with E-state index in [1.54, 1.807) is 0 Å². The molecule has 10 nitrogen and oxygen atoms in total. The van der Waals surface area contributed by atoms with Gasteiger partial charge in [-0.15, -0.1) is 11.8 Å². The molecule has 2 aromatic carbocycles. The van der Waals surface area contributed by atoms with E-state index in [1.807, 2.05) is 60.7 Å². The summed E-state index contributed by atoms with van der Waals surface area (Å²) in [7, 11) is 0. The number of carbonyl (C=O) groups is 4. The van der Waals surface area contributed by atoms with E-state index in [0.717, 1.165) is 11.1 Å². The first-order chi connectivity index (χ1) is 17.4. The Morgan fingerprint density at radius 2 is 1.64 bits per heavy atom. The molecule has 192 valence electrons. The molecule has 2 aromatic rings. The molecular formula is C25H30N4O6S. The fraction of sp³-hybridized carbons (Fsp3) is 0.360. The maximum absolute atomic E-state index is 13.2. The number of benzene rings is 2. The molecule has 1 saturated heterocycles. The van der Waals surface area contributed by atoms with E-state index < -0.39 is 41.9 Å². The van der Waals surface area contributed by atoms with Crippen molar-refractivity contribution in [3.05, 3.63) is 71.8 Å². The average molecular weight is 515 g/mol. The summed E-state index contributed by atoms with van der Waals surface area (Å²) >= 11 is 1.41. The Balaban J connectivity index is 1.64. The summed E-state index contributed by atoms with van der Waals surface area (Å²) in [5, 5.41) is 14.1. The maximum atomic E-state index is 13.2. The van der Waals surface area contributed by atoms with Gasteiger partial charge in [-0.3, -0.25) is 24.5 Å². The molecule has 3 atom stereocenters. The first kappa shape index (κ1) is 27.0. The molecule has 1 heterocycles. The van der Waals surface area contributed by atoms with Crippen LogP contribution < -0.4 is 16.1 Å². The first-order valence-corrected chi connectivity index (χ1v) is 12.7. The van der Waals surface area contributed by atoms with Gasteiger partial charge in [-0.05, 0) is 30.9 Å². The zero-order valence-corrected chi connectivity index (χ0v) is 20.7. The van der Waals surface area contributed by atoms with Crippen molar-refractivity contribution < 1.29 is 29.1 Å². The molecule has 0 unspecified atom stereocenters. The van der Waals surface area contributed by atoms with Gasteiger partial charge in [-0.2, -0.15) is 0 Å². The second-order valence-corrected chi connectivity index (χ2v) is 9.32. The minimum atomic E-state index is -1.01. The second-order valence-electron chi connectivity index (χ2n) is 8.32. The molecule has 0 aliphatic carbocycles. The number of nitrogens with one attached hydrogen (secondary N) is 3. The van der Waals surface area contributed by atoms with Crippen LogP contribution in [0.5, 0.6) is 0 Å². The van der Waals surface area contributed by atoms with Gasteiger partial charge in [-0.1, -0.05) is 60.7 Å². The van der Waals surface area contributed by atoms with Crippen LogP contribution in [-0.4, -0.2) is 63.7 Å². The molecule has 4 amide bonds. The van der Waals surface area contributed by atoms with Crippen molar-refractivity contribution in [3.63, 3.8) is 0 Å². The SMILES string of the molecule is C[C@H](NC(=O)[C@H](CCc1ccccc1)NC(=O)[C@@H]1CSCN1C(=O)OCc1ccccc1)C(=O)NO. The Labute approximate surface area is 213 Å². The molecule has 1 aliphatic heterocycles. The van der Waals surface area contributed by atoms with Crippen LogP contribution in [0, 0.1) is 0 Å². The van der Waals surface area contributed by atoms with Gasteiger partial charge >= 0.3 is 6.09 Å². The Hall–Kier alpha value is -3.57. The van der Waals surface area contributed by atoms with Crippen molar-refractivity contribution >= 4 is 35.6 Å². The zero-order chi connectivity index (χ0) is 25.9. The van der Waals surface area contributed by atoms with Gasteiger partial charge in [0.1, 0.15) is 24.7 Å². The van der Waals surface area contributed by atoms with E-state index in [9.17, 15) is 19.2 Å². The first-order valence-electron chi connectivity index (χ1n) is 11.5. The smallest absolute Gasteiger partial charge is 0.411 e. The molecule has 0 aromatic heterocycles. The highest BCUT2D eigenvalue weighted by Gasteiger charge is 2.37. The zero-order valence-electron chi connectivity index (χ0n) is 19.9. The quantitative estimate of drug-likeness (QED) is 0.280. The van der Waals surface area contributed by atoms with Gasteiger partial charge in [0, 0.05) is 5.75 Å². The predicted octanol–water partition coefficient (Wildman–Crippen LogP) is 1.83. The number of ether oxygens (including phenoxy) is 1. The molecule has 3 rings (SSSR count). The highest BCUT2D eigenvalue weighted by atomic mass is 32.2. The third-order valence-corrected chi connectivity index (χ3v) is 6.70. The van der Waals surface area contributed by atoms with Crippen LogP contribution in [0.4, 0.5) is 4.79 Å². The van der Waals surface area contributed by atoms with Crippen molar-refractivity contribution in [2.45, 2.75) is 44.5 Å². The number of aryl methyl sites for hydroxylation is 1. The number of nitrogens with zero attached hydrogens (tertiary/aromatic N) is 1. The summed E-state index contributed by atoms with van der Waals surface area (Å²) in [4.78, 5) is 51.7. The fourth-order valence-electron chi connectivity index (χ4n) is 3.61. The van der Waals surface area contributed by atoms with Gasteiger partial charge in [0.05, 0.1) is 5.88 Å². The van der Waals surface area contributed by atoms with Crippen LogP contribution in [-0.2, 0) is 32.1 Å². The van der Waals surface area contributed by atoms with Crippen LogP contribution in [0.1, 0.15) is 24.5 Å². The van der Waals surface area contributed by atoms with E-state index >= 15 is 0 Å². The number of hydrogen-bond acceptors (Lipinski definition) is 7. The fourth-order valence-corrected chi connectivity index (χ4v) is 4.75. The largest absolute Gasteiger partial charge is 0.445 e. The number of hydrogen-bond donors (Lipinski definition) is 4. The van der Waals surface area contributed by atoms with Gasteiger partial charge in [0.2, 0.25) is 11.8 Å². The summed E-state index contributed by atoms with van der Waals surface area (Å²) in [6.07, 6.45) is 0.164. The van der Waals surface area contributed by atoms with Gasteiger partial charge < -0.3 is 15.4 Å². The minimum absolute atomic E-state index is 0.0854. The number of thioether (sulfide) groups is 1. The Morgan fingerprint density at radius 3 is 2.28 bits per heavy atom. The van der Waals surface area contributed by atoms with Crippen LogP contribution in [0.2, 0.25) is 0 Å². The van der Waals surface area contributed by atoms with Gasteiger partial charge in [-0.25, -0.2) is 10.3 Å². The van der Waals surface area contributed by atoms with Crippen LogP contribution in [0.25, 0.3) is 0 Å². The third-order valence-electron chi connectivity index (χ3n) is 5.68. The highest BCUT2D eigenvalue weighted by molar-refractivity contribution is 7.99. The van der Waals surface area contributed by atoms with E-state index in [-0.39, 0.29) is 13.0 Å². The van der Waals surface area contributed by atoms with Crippen molar-refractivity contribution in [2.75, 3.05) is 11.6 Å². The molecule has 1 aliphatic rings. The van der Waals surface area contributed by atoms with Crippen molar-refractivity contribution in [1.29, 1.82) is 0 Å². The Bertz CT molecular complexity index is 1040. The highest BCUT2D eigenvalue weighted by Crippen LogP contribution is 2.22. The number of rotatable bonds is 10. The molecular weight excluding hydrogens is 484 g/mol. The standard InChI is InChI=1S/C25H30N4O6S/c1-17(22(30)28-34)26-23(31)20(13-12-18-8-4-2-5-9-18)27-24(32)21-15-36-16-29(21)25(33)35-14-19-10-6-3-7-11-19/h2-11,17,20-21,34H,12-16H2,1H3,(H,26,31)(H,27,32)(H,28,30)/t17-,20-,21-/m0/s1. The lowest BCUT2D eigenvalue weighted by Gasteiger charge is -2.26. The lowest BCUT2D eigenvalue weighted by Crippen LogP contribution is -2.56. The summed E-state index contributed by atoms with van der Waals surface area (Å²) in [5.74, 6) is -1.18. The maximum Gasteiger partial charge on any atom is 0.411 e. The molecule has 11 heteroatoms. The van der Waals surface area contributed by atoms with Crippen LogP contribution >= 0.6 is 11.8 Å². The van der Waals surface area contributed by atoms with E-state index in [2.05, 4.69) is 10.6 Å². The molecule has 0 spiro atoms. The molecule has 0 bridgehead atoms. The summed E-state index contributed by atoms with van der Waals surface area (Å²) in [6.45, 7) is 1.50. The molecule has 1 fully saturated rings. The van der Waals surface area contributed by atoms with Crippen molar-refractivity contribution in [2.24, 2.45) is 0 Å². The van der Waals surface area contributed by atoms with E-state index in [1.165, 1.54) is 29.1 Å². The average Bonchev–Trinajstić information content (AvgIpc) is 3.40. The minimum Gasteiger partial charge on any atom is -0.445 e. The number of hydroxylamine groups is 1. The molecule has 0 saturated carbocycles. The van der Waals surface area contributed by atoms with E-state index in [4.69, 9.17) is 9.94 Å². The van der Waals surface area contributed by atoms with Crippen molar-refractivity contribution in [3.8, 4) is 0 Å². The summed E-state index contributed by atoms with van der Waals surface area (Å²) < 4.78 is 5.39. The monoisotopic (exact) mass is 514 g/mol. The van der Waals surface area contributed by atoms with Gasteiger partial charge in [0.25, 0.3) is 5.91 Å². The van der Waals surface area contributed by atoms with Crippen LogP contribution in [0.3, 0.4) is 0 Å². The Kier molecular flexibility index (Phi) is 10.1. The lowest BCUT2D eigenvalue weighted by atomic mass is 10.0.